The van der Waals surface area contributed by atoms with Crippen LogP contribution in [0.25, 0.3) is 0 Å². The number of aliphatic imine (C=N–C) groups is 1. The first-order valence-electron chi connectivity index (χ1n) is 8.44. The Hall–Kier alpha value is -2.48. The number of rotatable bonds is 5. The molecule has 1 aromatic carbocycles. The maximum Gasteiger partial charge on any atom is 0.223 e. The van der Waals surface area contributed by atoms with Gasteiger partial charge in [-0.15, -0.1) is 0 Å². The summed E-state index contributed by atoms with van der Waals surface area (Å²) in [5.41, 5.74) is 1.01. The number of hydrogen-bond donors (Lipinski definition) is 2. The second kappa shape index (κ2) is 8.27. The molecular weight excluding hydrogens is 356 g/mol. The molecule has 1 aromatic heterocycles. The first-order chi connectivity index (χ1) is 12.6. The van der Waals surface area contributed by atoms with Gasteiger partial charge in [0.2, 0.25) is 5.89 Å². The third-order valence-electron chi connectivity index (χ3n) is 4.22. The second-order valence-corrected chi connectivity index (χ2v) is 6.48. The minimum absolute atomic E-state index is 0.261. The fourth-order valence-corrected chi connectivity index (χ4v) is 3.14. The summed E-state index contributed by atoms with van der Waals surface area (Å²) in [7, 11) is 3.41. The molecule has 2 N–H and O–H groups in total. The Morgan fingerprint density at radius 2 is 2.35 bits per heavy atom. The molecule has 1 unspecified atom stereocenters. The van der Waals surface area contributed by atoms with Crippen molar-refractivity contribution >= 4 is 23.2 Å². The summed E-state index contributed by atoms with van der Waals surface area (Å²) in [5.74, 6) is 2.68. The van der Waals surface area contributed by atoms with Crippen LogP contribution in [-0.2, 0) is 6.54 Å². The molecular formula is C17H23ClN6O2. The molecule has 1 aliphatic heterocycles. The van der Waals surface area contributed by atoms with Gasteiger partial charge in [0.05, 0.1) is 19.3 Å². The Kier molecular flexibility index (Phi) is 5.82. The van der Waals surface area contributed by atoms with E-state index in [0.29, 0.717) is 29.2 Å². The first kappa shape index (κ1) is 18.3. The van der Waals surface area contributed by atoms with E-state index in [-0.39, 0.29) is 6.04 Å². The maximum atomic E-state index is 6.15. The highest BCUT2D eigenvalue weighted by Gasteiger charge is 2.25. The molecule has 26 heavy (non-hydrogen) atoms. The van der Waals surface area contributed by atoms with Crippen LogP contribution in [0, 0.1) is 6.92 Å². The maximum absolute atomic E-state index is 6.15. The lowest BCUT2D eigenvalue weighted by Crippen LogP contribution is -2.44. The van der Waals surface area contributed by atoms with Gasteiger partial charge < -0.3 is 24.8 Å². The van der Waals surface area contributed by atoms with Crippen molar-refractivity contribution in [3.05, 3.63) is 34.9 Å². The third-order valence-corrected chi connectivity index (χ3v) is 4.45. The van der Waals surface area contributed by atoms with E-state index in [0.717, 1.165) is 30.9 Å². The zero-order valence-electron chi connectivity index (χ0n) is 15.1. The molecule has 1 saturated heterocycles. The number of aromatic nitrogens is 2. The van der Waals surface area contributed by atoms with Crippen molar-refractivity contribution in [2.45, 2.75) is 25.9 Å². The average Bonchev–Trinajstić information content (AvgIpc) is 3.27. The van der Waals surface area contributed by atoms with E-state index in [2.05, 4.69) is 30.7 Å². The van der Waals surface area contributed by atoms with E-state index in [1.165, 1.54) is 0 Å². The summed E-state index contributed by atoms with van der Waals surface area (Å²) in [6.07, 6.45) is 0.984. The number of nitrogens with zero attached hydrogens (tertiary/aromatic N) is 4. The van der Waals surface area contributed by atoms with E-state index >= 15 is 0 Å². The number of anilines is 1. The lowest BCUT2D eigenvalue weighted by atomic mass is 10.2. The Labute approximate surface area is 157 Å². The van der Waals surface area contributed by atoms with Gasteiger partial charge >= 0.3 is 0 Å². The smallest absolute Gasteiger partial charge is 0.223 e. The Morgan fingerprint density at radius 1 is 1.50 bits per heavy atom. The normalized spacial score (nSPS) is 17.5. The summed E-state index contributed by atoms with van der Waals surface area (Å²) in [5, 5.41) is 11.2. The quantitative estimate of drug-likeness (QED) is 0.607. The Balaban J connectivity index is 1.57. The summed E-state index contributed by atoms with van der Waals surface area (Å²) in [4.78, 5) is 10.7. The van der Waals surface area contributed by atoms with Gasteiger partial charge in [-0.1, -0.05) is 16.8 Å². The van der Waals surface area contributed by atoms with Crippen LogP contribution in [0.3, 0.4) is 0 Å². The molecule has 0 amide bonds. The number of halogens is 1. The predicted octanol–water partition coefficient (Wildman–Crippen LogP) is 1.98. The molecule has 0 aliphatic carbocycles. The molecule has 3 rings (SSSR count). The van der Waals surface area contributed by atoms with Gasteiger partial charge in [-0.3, -0.25) is 4.99 Å². The third kappa shape index (κ3) is 4.37. The fraction of sp³-hybridized carbons (Fsp3) is 0.471. The molecule has 1 fully saturated rings. The standard InChI is InChI=1S/C17H23ClN6O2/c1-11-21-16(23-26-11)9-20-17(19-2)22-13-6-7-24(10-13)14-8-12(18)4-5-15(14)25-3/h4-5,8,13H,6-7,9-10H2,1-3H3,(H2,19,20,22). The van der Waals surface area contributed by atoms with Crippen LogP contribution in [-0.4, -0.2) is 49.4 Å². The van der Waals surface area contributed by atoms with Gasteiger partial charge in [0.25, 0.3) is 0 Å². The molecule has 0 radical (unpaired) electrons. The summed E-state index contributed by atoms with van der Waals surface area (Å²) < 4.78 is 10.4. The van der Waals surface area contributed by atoms with Crippen LogP contribution in [0.15, 0.2) is 27.7 Å². The average molecular weight is 379 g/mol. The second-order valence-electron chi connectivity index (χ2n) is 6.05. The molecule has 2 aromatic rings. The van der Waals surface area contributed by atoms with Gasteiger partial charge in [-0.05, 0) is 24.6 Å². The number of nitrogens with one attached hydrogen (secondary N) is 2. The zero-order chi connectivity index (χ0) is 18.5. The van der Waals surface area contributed by atoms with Crippen LogP contribution in [0.1, 0.15) is 18.1 Å². The summed E-state index contributed by atoms with van der Waals surface area (Å²) in [6.45, 7) is 3.96. The van der Waals surface area contributed by atoms with E-state index < -0.39 is 0 Å². The minimum Gasteiger partial charge on any atom is -0.495 e. The summed E-state index contributed by atoms with van der Waals surface area (Å²) >= 11 is 6.15. The van der Waals surface area contributed by atoms with Gasteiger partial charge in [0.15, 0.2) is 11.8 Å². The number of benzene rings is 1. The number of ether oxygens (including phenoxy) is 1. The summed E-state index contributed by atoms with van der Waals surface area (Å²) in [6, 6.07) is 5.93. The largest absolute Gasteiger partial charge is 0.495 e. The monoisotopic (exact) mass is 378 g/mol. The zero-order valence-corrected chi connectivity index (χ0v) is 15.9. The Morgan fingerprint density at radius 3 is 3.04 bits per heavy atom. The van der Waals surface area contributed by atoms with Crippen LogP contribution in [0.2, 0.25) is 5.02 Å². The minimum atomic E-state index is 0.261. The highest BCUT2D eigenvalue weighted by atomic mass is 35.5. The molecule has 8 nitrogen and oxygen atoms in total. The van der Waals surface area contributed by atoms with Crippen LogP contribution < -0.4 is 20.3 Å². The van der Waals surface area contributed by atoms with Crippen molar-refractivity contribution in [1.82, 2.24) is 20.8 Å². The molecule has 9 heteroatoms. The molecule has 0 saturated carbocycles. The molecule has 2 heterocycles. The number of methoxy groups -OCH3 is 1. The lowest BCUT2D eigenvalue weighted by molar-refractivity contribution is 0.386. The van der Waals surface area contributed by atoms with Gasteiger partial charge in [0, 0.05) is 38.1 Å². The highest BCUT2D eigenvalue weighted by Crippen LogP contribution is 2.33. The topological polar surface area (TPSA) is 87.8 Å². The molecule has 1 aliphatic rings. The first-order valence-corrected chi connectivity index (χ1v) is 8.81. The highest BCUT2D eigenvalue weighted by molar-refractivity contribution is 6.30. The van der Waals surface area contributed by atoms with Crippen molar-refractivity contribution < 1.29 is 9.26 Å². The van der Waals surface area contributed by atoms with Gasteiger partial charge in [-0.25, -0.2) is 0 Å². The SMILES string of the molecule is CN=C(NCc1noc(C)n1)NC1CCN(c2cc(Cl)ccc2OC)C1. The van der Waals surface area contributed by atoms with E-state index in [9.17, 15) is 0 Å². The molecule has 0 bridgehead atoms. The number of hydrogen-bond acceptors (Lipinski definition) is 6. The molecule has 1 atom stereocenters. The predicted molar refractivity (Wildman–Crippen MR) is 101 cm³/mol. The molecule has 140 valence electrons. The molecule has 0 spiro atoms. The van der Waals surface area contributed by atoms with E-state index in [1.54, 1.807) is 21.1 Å². The Bertz CT molecular complexity index is 778. The van der Waals surface area contributed by atoms with Crippen LogP contribution in [0.5, 0.6) is 5.75 Å². The lowest BCUT2D eigenvalue weighted by Gasteiger charge is -2.22. The van der Waals surface area contributed by atoms with Crippen LogP contribution >= 0.6 is 11.6 Å². The van der Waals surface area contributed by atoms with E-state index in [4.69, 9.17) is 20.9 Å². The number of guanidine groups is 1. The van der Waals surface area contributed by atoms with Crippen molar-refractivity contribution in [2.24, 2.45) is 4.99 Å². The van der Waals surface area contributed by atoms with Crippen molar-refractivity contribution in [3.63, 3.8) is 0 Å². The van der Waals surface area contributed by atoms with E-state index in [1.807, 2.05) is 18.2 Å². The fourth-order valence-electron chi connectivity index (χ4n) is 2.97. The number of aryl methyl sites for hydroxylation is 1. The van der Waals surface area contributed by atoms with Gasteiger partial charge in [0.1, 0.15) is 5.75 Å². The van der Waals surface area contributed by atoms with Crippen molar-refractivity contribution in [2.75, 3.05) is 32.1 Å². The van der Waals surface area contributed by atoms with Crippen molar-refractivity contribution in [3.8, 4) is 5.75 Å². The van der Waals surface area contributed by atoms with Crippen molar-refractivity contribution in [1.29, 1.82) is 0 Å². The van der Waals surface area contributed by atoms with Crippen LogP contribution in [0.4, 0.5) is 5.69 Å². The van der Waals surface area contributed by atoms with Gasteiger partial charge in [-0.2, -0.15) is 4.98 Å².